The van der Waals surface area contributed by atoms with Crippen LogP contribution in [0.3, 0.4) is 0 Å². The van der Waals surface area contributed by atoms with Crippen molar-refractivity contribution in [3.63, 3.8) is 0 Å². The molecular formula is C14H12N2OS. The third kappa shape index (κ3) is 1.80. The Hall–Kier alpha value is -2.07. The van der Waals surface area contributed by atoms with Gasteiger partial charge in [-0.25, -0.2) is 4.98 Å². The van der Waals surface area contributed by atoms with Crippen molar-refractivity contribution in [2.24, 2.45) is 0 Å². The van der Waals surface area contributed by atoms with Gasteiger partial charge in [0.1, 0.15) is 10.8 Å². The molecule has 0 bridgehead atoms. The Morgan fingerprint density at radius 1 is 1.17 bits per heavy atom. The molecule has 0 radical (unpaired) electrons. The molecule has 90 valence electrons. The van der Waals surface area contributed by atoms with Crippen LogP contribution in [0.15, 0.2) is 42.5 Å². The molecule has 0 unspecified atom stereocenters. The standard InChI is InChI=1S/C14H12N2OS/c1-17-12-8-9(15)6-7-10(12)14-16-11-4-2-3-5-13(11)18-14/h2-8H,15H2,1H3. The van der Waals surface area contributed by atoms with Crippen LogP contribution in [-0.4, -0.2) is 12.1 Å². The van der Waals surface area contributed by atoms with Crippen molar-refractivity contribution in [1.82, 2.24) is 4.98 Å². The van der Waals surface area contributed by atoms with Crippen LogP contribution in [0.2, 0.25) is 0 Å². The first kappa shape index (κ1) is 11.0. The summed E-state index contributed by atoms with van der Waals surface area (Å²) in [7, 11) is 1.64. The monoisotopic (exact) mass is 256 g/mol. The van der Waals surface area contributed by atoms with Crippen molar-refractivity contribution in [1.29, 1.82) is 0 Å². The van der Waals surface area contributed by atoms with E-state index in [4.69, 9.17) is 10.5 Å². The molecule has 18 heavy (non-hydrogen) atoms. The molecule has 3 rings (SSSR count). The average molecular weight is 256 g/mol. The number of nitrogens with zero attached hydrogens (tertiary/aromatic N) is 1. The van der Waals surface area contributed by atoms with Crippen LogP contribution in [0.4, 0.5) is 5.69 Å². The van der Waals surface area contributed by atoms with Crippen molar-refractivity contribution in [3.8, 4) is 16.3 Å². The first-order chi connectivity index (χ1) is 8.78. The summed E-state index contributed by atoms with van der Waals surface area (Å²) in [6.07, 6.45) is 0. The molecule has 0 saturated carbocycles. The minimum Gasteiger partial charge on any atom is -0.496 e. The van der Waals surface area contributed by atoms with E-state index in [2.05, 4.69) is 11.1 Å². The highest BCUT2D eigenvalue weighted by Crippen LogP contribution is 2.36. The van der Waals surface area contributed by atoms with Gasteiger partial charge in [-0.1, -0.05) is 12.1 Å². The lowest BCUT2D eigenvalue weighted by Gasteiger charge is -2.06. The molecule has 0 aliphatic heterocycles. The summed E-state index contributed by atoms with van der Waals surface area (Å²) in [6, 6.07) is 13.7. The number of ether oxygens (including phenoxy) is 1. The predicted octanol–water partition coefficient (Wildman–Crippen LogP) is 3.55. The van der Waals surface area contributed by atoms with Crippen LogP contribution < -0.4 is 10.5 Å². The Morgan fingerprint density at radius 2 is 2.00 bits per heavy atom. The number of methoxy groups -OCH3 is 1. The van der Waals surface area contributed by atoms with E-state index in [0.717, 1.165) is 21.8 Å². The summed E-state index contributed by atoms with van der Waals surface area (Å²) in [6.45, 7) is 0. The van der Waals surface area contributed by atoms with E-state index in [9.17, 15) is 0 Å². The SMILES string of the molecule is COc1cc(N)ccc1-c1nc2ccccc2s1. The van der Waals surface area contributed by atoms with Crippen molar-refractivity contribution < 1.29 is 4.74 Å². The number of fused-ring (bicyclic) bond motifs is 1. The van der Waals surface area contributed by atoms with E-state index in [-0.39, 0.29) is 0 Å². The molecule has 0 saturated heterocycles. The summed E-state index contributed by atoms with van der Waals surface area (Å²) in [4.78, 5) is 4.62. The lowest BCUT2D eigenvalue weighted by Crippen LogP contribution is -1.90. The molecule has 0 amide bonds. The fraction of sp³-hybridized carbons (Fsp3) is 0.0714. The molecule has 0 aliphatic rings. The summed E-state index contributed by atoms with van der Waals surface area (Å²) < 4.78 is 6.54. The van der Waals surface area contributed by atoms with E-state index < -0.39 is 0 Å². The molecule has 2 aromatic carbocycles. The highest BCUT2D eigenvalue weighted by molar-refractivity contribution is 7.21. The highest BCUT2D eigenvalue weighted by atomic mass is 32.1. The van der Waals surface area contributed by atoms with Crippen molar-refractivity contribution in [2.75, 3.05) is 12.8 Å². The minimum atomic E-state index is 0.691. The Bertz CT molecular complexity index is 673. The first-order valence-electron chi connectivity index (χ1n) is 5.57. The summed E-state index contributed by atoms with van der Waals surface area (Å²) >= 11 is 1.65. The van der Waals surface area contributed by atoms with Crippen molar-refractivity contribution in [2.45, 2.75) is 0 Å². The van der Waals surface area contributed by atoms with E-state index >= 15 is 0 Å². The molecule has 0 aliphatic carbocycles. The lowest BCUT2D eigenvalue weighted by atomic mass is 10.2. The van der Waals surface area contributed by atoms with E-state index in [1.165, 1.54) is 4.70 Å². The van der Waals surface area contributed by atoms with Gasteiger partial charge in [0.2, 0.25) is 0 Å². The van der Waals surface area contributed by atoms with Gasteiger partial charge >= 0.3 is 0 Å². The maximum absolute atomic E-state index is 5.76. The second kappa shape index (κ2) is 4.31. The molecular weight excluding hydrogens is 244 g/mol. The summed E-state index contributed by atoms with van der Waals surface area (Å²) in [5.41, 5.74) is 8.44. The van der Waals surface area contributed by atoms with E-state index in [0.29, 0.717) is 5.69 Å². The molecule has 1 aromatic heterocycles. The molecule has 0 atom stereocenters. The van der Waals surface area contributed by atoms with E-state index in [1.807, 2.05) is 36.4 Å². The van der Waals surface area contributed by atoms with Gasteiger partial charge in [-0.05, 0) is 24.3 Å². The zero-order valence-corrected chi connectivity index (χ0v) is 10.7. The lowest BCUT2D eigenvalue weighted by molar-refractivity contribution is 0.416. The van der Waals surface area contributed by atoms with Crippen LogP contribution in [0.5, 0.6) is 5.75 Å². The second-order valence-electron chi connectivity index (χ2n) is 3.95. The van der Waals surface area contributed by atoms with Crippen LogP contribution in [0, 0.1) is 0 Å². The number of anilines is 1. The van der Waals surface area contributed by atoms with Gasteiger partial charge in [0.05, 0.1) is 22.9 Å². The Kier molecular flexibility index (Phi) is 2.64. The Balaban J connectivity index is 2.19. The molecule has 0 fully saturated rings. The normalized spacial score (nSPS) is 10.7. The summed E-state index contributed by atoms with van der Waals surface area (Å²) in [5, 5.41) is 0.952. The number of aromatic nitrogens is 1. The molecule has 2 N–H and O–H groups in total. The number of rotatable bonds is 2. The topological polar surface area (TPSA) is 48.1 Å². The van der Waals surface area contributed by atoms with Crippen LogP contribution >= 0.6 is 11.3 Å². The van der Waals surface area contributed by atoms with Gasteiger partial charge in [-0.3, -0.25) is 0 Å². The number of para-hydroxylation sites is 1. The fourth-order valence-corrected chi connectivity index (χ4v) is 2.87. The van der Waals surface area contributed by atoms with Gasteiger partial charge in [0, 0.05) is 11.8 Å². The maximum Gasteiger partial charge on any atom is 0.131 e. The Labute approximate surface area is 109 Å². The third-order valence-electron chi connectivity index (χ3n) is 2.75. The third-order valence-corrected chi connectivity index (χ3v) is 3.82. The quantitative estimate of drug-likeness (QED) is 0.713. The summed E-state index contributed by atoms with van der Waals surface area (Å²) in [5.74, 6) is 0.758. The number of thiazole rings is 1. The number of benzene rings is 2. The van der Waals surface area contributed by atoms with Gasteiger partial charge in [0.25, 0.3) is 0 Å². The second-order valence-corrected chi connectivity index (χ2v) is 4.98. The largest absolute Gasteiger partial charge is 0.496 e. The molecule has 3 aromatic rings. The number of hydrogen-bond donors (Lipinski definition) is 1. The zero-order chi connectivity index (χ0) is 12.5. The zero-order valence-electron chi connectivity index (χ0n) is 9.88. The molecule has 0 spiro atoms. The molecule has 1 heterocycles. The molecule has 3 nitrogen and oxygen atoms in total. The minimum absolute atomic E-state index is 0.691. The van der Waals surface area contributed by atoms with Gasteiger partial charge in [-0.2, -0.15) is 0 Å². The van der Waals surface area contributed by atoms with Crippen molar-refractivity contribution in [3.05, 3.63) is 42.5 Å². The highest BCUT2D eigenvalue weighted by Gasteiger charge is 2.11. The fourth-order valence-electron chi connectivity index (χ4n) is 1.87. The van der Waals surface area contributed by atoms with Crippen LogP contribution in [0.25, 0.3) is 20.8 Å². The smallest absolute Gasteiger partial charge is 0.131 e. The number of nitrogens with two attached hydrogens (primary N) is 1. The van der Waals surface area contributed by atoms with Gasteiger partial charge in [0.15, 0.2) is 0 Å². The predicted molar refractivity (Wildman–Crippen MR) is 76.0 cm³/mol. The Morgan fingerprint density at radius 3 is 2.78 bits per heavy atom. The molecule has 4 heteroatoms. The average Bonchev–Trinajstić information content (AvgIpc) is 2.82. The van der Waals surface area contributed by atoms with Gasteiger partial charge < -0.3 is 10.5 Å². The number of hydrogen-bond acceptors (Lipinski definition) is 4. The van der Waals surface area contributed by atoms with Crippen molar-refractivity contribution >= 4 is 27.2 Å². The van der Waals surface area contributed by atoms with Crippen LogP contribution in [0.1, 0.15) is 0 Å². The van der Waals surface area contributed by atoms with Gasteiger partial charge in [-0.15, -0.1) is 11.3 Å². The first-order valence-corrected chi connectivity index (χ1v) is 6.39. The number of nitrogen functional groups attached to an aromatic ring is 1. The van der Waals surface area contributed by atoms with E-state index in [1.54, 1.807) is 18.4 Å². The van der Waals surface area contributed by atoms with Crippen LogP contribution in [-0.2, 0) is 0 Å². The maximum atomic E-state index is 5.76.